The molecule has 0 aliphatic rings. The molecule has 0 radical (unpaired) electrons. The third-order valence-electron chi connectivity index (χ3n) is 2.97. The van der Waals surface area contributed by atoms with E-state index < -0.39 is 9.84 Å². The average molecular weight is 316 g/mol. The number of rotatable bonds is 3. The summed E-state index contributed by atoms with van der Waals surface area (Å²) in [5.74, 6) is 0. The smallest absolute Gasteiger partial charge is 0.175 e. The van der Waals surface area contributed by atoms with Crippen molar-refractivity contribution in [2.45, 2.75) is 4.90 Å². The number of nitrogens with zero attached hydrogens (tertiary/aromatic N) is 2. The number of aromatic nitrogens is 2. The van der Waals surface area contributed by atoms with Crippen LogP contribution < -0.4 is 0 Å². The van der Waals surface area contributed by atoms with E-state index in [0.29, 0.717) is 4.90 Å². The first kappa shape index (κ1) is 13.9. The van der Waals surface area contributed by atoms with Gasteiger partial charge in [0.1, 0.15) is 5.01 Å². The second-order valence-corrected chi connectivity index (χ2v) is 7.42. The van der Waals surface area contributed by atoms with Crippen LogP contribution in [0.5, 0.6) is 0 Å². The van der Waals surface area contributed by atoms with Crippen LogP contribution in [0.2, 0.25) is 0 Å². The molecule has 0 atom stereocenters. The van der Waals surface area contributed by atoms with E-state index in [9.17, 15) is 8.42 Å². The summed E-state index contributed by atoms with van der Waals surface area (Å²) in [6.45, 7) is 0. The first-order valence-electron chi connectivity index (χ1n) is 6.21. The van der Waals surface area contributed by atoms with Gasteiger partial charge < -0.3 is 0 Å². The predicted octanol–water partition coefficient (Wildman–Crippen LogP) is 3.28. The molecule has 4 nitrogen and oxygen atoms in total. The molecule has 0 N–H and O–H groups in total. The van der Waals surface area contributed by atoms with E-state index in [2.05, 4.69) is 9.97 Å². The Morgan fingerprint density at radius 1 is 1.00 bits per heavy atom. The van der Waals surface area contributed by atoms with Gasteiger partial charge in [0.05, 0.1) is 16.3 Å². The van der Waals surface area contributed by atoms with Crippen LogP contribution in [-0.2, 0) is 9.84 Å². The van der Waals surface area contributed by atoms with Crippen LogP contribution in [0.15, 0.2) is 58.9 Å². The van der Waals surface area contributed by atoms with Crippen LogP contribution in [0.25, 0.3) is 22.0 Å². The molecule has 1 aromatic carbocycles. The predicted molar refractivity (Wildman–Crippen MR) is 83.9 cm³/mol. The van der Waals surface area contributed by atoms with Gasteiger partial charge in [0.25, 0.3) is 0 Å². The Balaban J connectivity index is 1.94. The monoisotopic (exact) mass is 316 g/mol. The zero-order chi connectivity index (χ0) is 14.9. The lowest BCUT2D eigenvalue weighted by Gasteiger charge is -2.00. The molecule has 0 unspecified atom stereocenters. The van der Waals surface area contributed by atoms with Crippen molar-refractivity contribution < 1.29 is 8.42 Å². The van der Waals surface area contributed by atoms with Gasteiger partial charge in [-0.3, -0.25) is 4.98 Å². The zero-order valence-corrected chi connectivity index (χ0v) is 12.9. The lowest BCUT2D eigenvalue weighted by atomic mass is 10.2. The first-order chi connectivity index (χ1) is 10.0. The molecule has 0 amide bonds. The molecule has 21 heavy (non-hydrogen) atoms. The molecule has 6 heteroatoms. The largest absolute Gasteiger partial charge is 0.254 e. The van der Waals surface area contributed by atoms with Gasteiger partial charge in [0, 0.05) is 23.4 Å². The van der Waals surface area contributed by atoms with Gasteiger partial charge >= 0.3 is 0 Å². The third-order valence-corrected chi connectivity index (χ3v) is 4.96. The maximum Gasteiger partial charge on any atom is 0.175 e. The number of thiazole rings is 1. The van der Waals surface area contributed by atoms with Crippen LogP contribution in [0.4, 0.5) is 0 Å². The highest BCUT2D eigenvalue weighted by Crippen LogP contribution is 2.28. The summed E-state index contributed by atoms with van der Waals surface area (Å²) >= 11 is 1.52. The Morgan fingerprint density at radius 3 is 2.38 bits per heavy atom. The van der Waals surface area contributed by atoms with Crippen LogP contribution in [-0.4, -0.2) is 24.6 Å². The van der Waals surface area contributed by atoms with E-state index in [0.717, 1.165) is 22.0 Å². The summed E-state index contributed by atoms with van der Waals surface area (Å²) in [6.07, 6.45) is 2.93. The van der Waals surface area contributed by atoms with E-state index in [-0.39, 0.29) is 0 Å². The number of benzene rings is 1. The van der Waals surface area contributed by atoms with Crippen molar-refractivity contribution in [3.8, 4) is 22.0 Å². The van der Waals surface area contributed by atoms with Gasteiger partial charge in [-0.25, -0.2) is 13.4 Å². The molecule has 0 bridgehead atoms. The van der Waals surface area contributed by atoms with Crippen molar-refractivity contribution in [2.75, 3.05) is 6.26 Å². The number of pyridine rings is 1. The van der Waals surface area contributed by atoms with Crippen molar-refractivity contribution in [3.05, 3.63) is 54.0 Å². The summed E-state index contributed by atoms with van der Waals surface area (Å²) in [4.78, 5) is 9.13. The quantitative estimate of drug-likeness (QED) is 0.744. The molecular formula is C15H12N2O2S2. The molecule has 0 aliphatic carbocycles. The molecule has 0 fully saturated rings. The maximum absolute atomic E-state index is 11.4. The average Bonchev–Trinajstić information content (AvgIpc) is 2.97. The van der Waals surface area contributed by atoms with Gasteiger partial charge in [0.15, 0.2) is 9.84 Å². The van der Waals surface area contributed by atoms with E-state index in [1.165, 1.54) is 17.6 Å². The Labute approximate surface area is 127 Å². The van der Waals surface area contributed by atoms with Crippen LogP contribution in [0, 0.1) is 0 Å². The van der Waals surface area contributed by atoms with E-state index in [1.807, 2.05) is 23.6 Å². The van der Waals surface area contributed by atoms with E-state index >= 15 is 0 Å². The van der Waals surface area contributed by atoms with Crippen LogP contribution in [0.3, 0.4) is 0 Å². The van der Waals surface area contributed by atoms with Crippen molar-refractivity contribution in [3.63, 3.8) is 0 Å². The fourth-order valence-corrected chi connectivity index (χ4v) is 3.32. The highest BCUT2D eigenvalue weighted by Gasteiger charge is 2.10. The number of sulfone groups is 1. The minimum absolute atomic E-state index is 0.312. The SMILES string of the molecule is CS(=O)(=O)c1ccc(-c2csc(-c3ccccn3)n2)cc1. The summed E-state index contributed by atoms with van der Waals surface area (Å²) in [6, 6.07) is 12.4. The highest BCUT2D eigenvalue weighted by molar-refractivity contribution is 7.90. The Hall–Kier alpha value is -2.05. The lowest BCUT2D eigenvalue weighted by Crippen LogP contribution is -1.96. The topological polar surface area (TPSA) is 59.9 Å². The molecular weight excluding hydrogens is 304 g/mol. The normalized spacial score (nSPS) is 11.5. The third kappa shape index (κ3) is 3.01. The molecule has 0 saturated heterocycles. The van der Waals surface area contributed by atoms with Gasteiger partial charge in [-0.15, -0.1) is 11.3 Å². The van der Waals surface area contributed by atoms with Crippen LogP contribution >= 0.6 is 11.3 Å². The molecule has 2 heterocycles. The zero-order valence-electron chi connectivity index (χ0n) is 11.2. The van der Waals surface area contributed by atoms with Crippen molar-refractivity contribution in [1.29, 1.82) is 0 Å². The Bertz CT molecular complexity index is 854. The minimum atomic E-state index is -3.17. The molecule has 106 valence electrons. The summed E-state index contributed by atoms with van der Waals surface area (Å²) in [5.41, 5.74) is 2.54. The second kappa shape index (κ2) is 5.38. The minimum Gasteiger partial charge on any atom is -0.254 e. The number of hydrogen-bond donors (Lipinski definition) is 0. The molecule has 3 aromatic rings. The van der Waals surface area contributed by atoms with Gasteiger partial charge in [-0.2, -0.15) is 0 Å². The summed E-state index contributed by atoms with van der Waals surface area (Å²) < 4.78 is 22.9. The molecule has 0 spiro atoms. The van der Waals surface area contributed by atoms with Crippen molar-refractivity contribution >= 4 is 21.2 Å². The van der Waals surface area contributed by atoms with Gasteiger partial charge in [-0.05, 0) is 24.3 Å². The Kier molecular flexibility index (Phi) is 3.57. The maximum atomic E-state index is 11.4. The van der Waals surface area contributed by atoms with Gasteiger partial charge in [-0.1, -0.05) is 18.2 Å². The Morgan fingerprint density at radius 2 is 1.76 bits per heavy atom. The fourth-order valence-electron chi connectivity index (χ4n) is 1.89. The first-order valence-corrected chi connectivity index (χ1v) is 8.98. The molecule has 0 aliphatic heterocycles. The molecule has 0 saturated carbocycles. The fraction of sp³-hybridized carbons (Fsp3) is 0.0667. The van der Waals surface area contributed by atoms with E-state index in [1.54, 1.807) is 30.5 Å². The van der Waals surface area contributed by atoms with Crippen molar-refractivity contribution in [2.24, 2.45) is 0 Å². The van der Waals surface area contributed by atoms with Crippen molar-refractivity contribution in [1.82, 2.24) is 9.97 Å². The van der Waals surface area contributed by atoms with Gasteiger partial charge in [0.2, 0.25) is 0 Å². The highest BCUT2D eigenvalue weighted by atomic mass is 32.2. The summed E-state index contributed by atoms with van der Waals surface area (Å²) in [5, 5.41) is 2.79. The standard InChI is InChI=1S/C15H12N2O2S2/c1-21(18,19)12-7-5-11(6-8-12)14-10-20-15(17-14)13-4-2-3-9-16-13/h2-10H,1H3. The number of hydrogen-bond acceptors (Lipinski definition) is 5. The molecule has 2 aromatic heterocycles. The lowest BCUT2D eigenvalue weighted by molar-refractivity contribution is 0.602. The molecule has 3 rings (SSSR count). The van der Waals surface area contributed by atoms with E-state index in [4.69, 9.17) is 0 Å². The second-order valence-electron chi connectivity index (χ2n) is 4.55. The van der Waals surface area contributed by atoms with Crippen LogP contribution in [0.1, 0.15) is 0 Å². The summed E-state index contributed by atoms with van der Waals surface area (Å²) in [7, 11) is -3.17.